The lowest BCUT2D eigenvalue weighted by atomic mass is 9.82. The molecule has 2 aromatic rings. The number of pyridine rings is 1. The number of aryl methyl sites for hydroxylation is 1. The topological polar surface area (TPSA) is 48.1 Å². The molecule has 1 aromatic heterocycles. The molecule has 2 heterocycles. The van der Waals surface area contributed by atoms with E-state index in [1.165, 1.54) is 43.2 Å². The Balaban J connectivity index is 1.46. The molecular formula is C21H26N2O. The van der Waals surface area contributed by atoms with E-state index >= 15 is 0 Å². The van der Waals surface area contributed by atoms with Gasteiger partial charge in [0.1, 0.15) is 11.9 Å². The van der Waals surface area contributed by atoms with Crippen molar-refractivity contribution in [2.45, 2.75) is 57.5 Å². The van der Waals surface area contributed by atoms with Crippen LogP contribution in [0.3, 0.4) is 0 Å². The fourth-order valence-corrected chi connectivity index (χ4v) is 4.21. The van der Waals surface area contributed by atoms with Gasteiger partial charge in [0.15, 0.2) is 0 Å². The third-order valence-electron chi connectivity index (χ3n) is 5.50. The van der Waals surface area contributed by atoms with Crippen LogP contribution >= 0.6 is 0 Å². The molecule has 0 bridgehead atoms. The molecule has 1 aliphatic heterocycles. The molecule has 4 rings (SSSR count). The molecular weight excluding hydrogens is 296 g/mol. The number of hydrogen-bond acceptors (Lipinski definition) is 3. The molecule has 1 aliphatic carbocycles. The number of aromatic nitrogens is 1. The van der Waals surface area contributed by atoms with E-state index in [9.17, 15) is 0 Å². The molecule has 1 unspecified atom stereocenters. The third kappa shape index (κ3) is 3.40. The van der Waals surface area contributed by atoms with Gasteiger partial charge >= 0.3 is 0 Å². The second kappa shape index (κ2) is 6.84. The lowest BCUT2D eigenvalue weighted by Crippen LogP contribution is -2.32. The first-order valence-electron chi connectivity index (χ1n) is 9.27. The number of rotatable bonds is 3. The van der Waals surface area contributed by atoms with Gasteiger partial charge in [-0.3, -0.25) is 4.98 Å². The summed E-state index contributed by atoms with van der Waals surface area (Å²) in [5.74, 6) is 1.86. The van der Waals surface area contributed by atoms with Gasteiger partial charge in [-0.05, 0) is 60.9 Å². The van der Waals surface area contributed by atoms with Gasteiger partial charge in [-0.1, -0.05) is 31.4 Å². The molecule has 126 valence electrons. The smallest absolute Gasteiger partial charge is 0.122 e. The summed E-state index contributed by atoms with van der Waals surface area (Å²) in [5, 5.41) is 0. The molecule has 3 heteroatoms. The summed E-state index contributed by atoms with van der Waals surface area (Å²) in [6.07, 6.45) is 12.2. The van der Waals surface area contributed by atoms with Crippen molar-refractivity contribution in [2.75, 3.05) is 5.73 Å². The van der Waals surface area contributed by atoms with E-state index in [0.29, 0.717) is 6.10 Å². The van der Waals surface area contributed by atoms with Crippen molar-refractivity contribution >= 4 is 5.69 Å². The van der Waals surface area contributed by atoms with E-state index in [1.807, 2.05) is 12.1 Å². The molecule has 1 atom stereocenters. The van der Waals surface area contributed by atoms with Crippen LogP contribution in [0.1, 0.15) is 55.3 Å². The van der Waals surface area contributed by atoms with Crippen LogP contribution in [0.5, 0.6) is 5.75 Å². The highest BCUT2D eigenvalue weighted by atomic mass is 16.5. The predicted octanol–water partition coefficient (Wildman–Crippen LogP) is 4.53. The van der Waals surface area contributed by atoms with E-state index < -0.39 is 0 Å². The second-order valence-corrected chi connectivity index (χ2v) is 7.29. The predicted molar refractivity (Wildman–Crippen MR) is 97.2 cm³/mol. The number of hydrogen-bond donors (Lipinski definition) is 1. The van der Waals surface area contributed by atoms with Crippen LogP contribution in [0, 0.1) is 5.92 Å². The van der Waals surface area contributed by atoms with Crippen molar-refractivity contribution < 1.29 is 4.74 Å². The molecule has 3 nitrogen and oxygen atoms in total. The van der Waals surface area contributed by atoms with Crippen molar-refractivity contribution in [2.24, 2.45) is 5.92 Å². The molecule has 0 spiro atoms. The maximum Gasteiger partial charge on any atom is 0.122 e. The summed E-state index contributed by atoms with van der Waals surface area (Å²) in [5.41, 5.74) is 10.3. The highest BCUT2D eigenvalue weighted by Crippen LogP contribution is 2.36. The summed E-state index contributed by atoms with van der Waals surface area (Å²) < 4.78 is 6.36. The summed E-state index contributed by atoms with van der Waals surface area (Å²) >= 11 is 0. The number of ether oxygens (including phenoxy) is 1. The number of nitrogen functional groups attached to an aromatic ring is 1. The van der Waals surface area contributed by atoms with E-state index in [-0.39, 0.29) is 0 Å². The number of anilines is 1. The Morgan fingerprint density at radius 2 is 1.92 bits per heavy atom. The van der Waals surface area contributed by atoms with Crippen LogP contribution in [0.15, 0.2) is 36.5 Å². The van der Waals surface area contributed by atoms with Crippen molar-refractivity contribution in [1.29, 1.82) is 0 Å². The maximum atomic E-state index is 6.36. The van der Waals surface area contributed by atoms with Crippen LogP contribution < -0.4 is 10.5 Å². The Hall–Kier alpha value is -2.03. The Morgan fingerprint density at radius 3 is 2.75 bits per heavy atom. The van der Waals surface area contributed by atoms with Crippen LogP contribution in [0.25, 0.3) is 0 Å². The number of nitrogens with two attached hydrogens (primary N) is 1. The summed E-state index contributed by atoms with van der Waals surface area (Å²) in [6, 6.07) is 10.4. The Morgan fingerprint density at radius 1 is 1.04 bits per heavy atom. The van der Waals surface area contributed by atoms with E-state index in [1.54, 1.807) is 6.20 Å². The summed E-state index contributed by atoms with van der Waals surface area (Å²) in [4.78, 5) is 4.41. The minimum atomic E-state index is 0.430. The zero-order valence-corrected chi connectivity index (χ0v) is 14.2. The number of fused-ring (bicyclic) bond motifs is 1. The highest BCUT2D eigenvalue weighted by Gasteiger charge is 2.28. The first-order valence-corrected chi connectivity index (χ1v) is 9.27. The molecule has 1 fully saturated rings. The van der Waals surface area contributed by atoms with Gasteiger partial charge in [-0.2, -0.15) is 0 Å². The zero-order valence-electron chi connectivity index (χ0n) is 14.2. The minimum absolute atomic E-state index is 0.430. The lowest BCUT2D eigenvalue weighted by Gasteiger charge is -2.34. The van der Waals surface area contributed by atoms with Crippen molar-refractivity contribution in [3.63, 3.8) is 0 Å². The van der Waals surface area contributed by atoms with Gasteiger partial charge in [-0.25, -0.2) is 0 Å². The van der Waals surface area contributed by atoms with Gasteiger partial charge in [0.05, 0.1) is 0 Å². The average molecular weight is 322 g/mol. The number of nitrogens with zero attached hydrogens (tertiary/aromatic N) is 1. The average Bonchev–Trinajstić information content (AvgIpc) is 2.62. The highest BCUT2D eigenvalue weighted by molar-refractivity contribution is 5.42. The van der Waals surface area contributed by atoms with E-state index in [2.05, 4.69) is 23.2 Å². The first kappa shape index (κ1) is 15.5. The Kier molecular flexibility index (Phi) is 4.42. The summed E-state index contributed by atoms with van der Waals surface area (Å²) in [6.45, 7) is 0. The van der Waals surface area contributed by atoms with Gasteiger partial charge in [-0.15, -0.1) is 0 Å². The Labute approximate surface area is 144 Å². The largest absolute Gasteiger partial charge is 0.490 e. The van der Waals surface area contributed by atoms with E-state index in [4.69, 9.17) is 10.5 Å². The van der Waals surface area contributed by atoms with Crippen LogP contribution in [-0.4, -0.2) is 11.1 Å². The van der Waals surface area contributed by atoms with Crippen molar-refractivity contribution in [1.82, 2.24) is 4.98 Å². The SMILES string of the molecule is Nc1ccnc(Cc2ccc3c(c2)CCC(C2CCCCC2)O3)c1. The van der Waals surface area contributed by atoms with Crippen LogP contribution in [0.2, 0.25) is 0 Å². The second-order valence-electron chi connectivity index (χ2n) is 7.29. The van der Waals surface area contributed by atoms with Gasteiger partial charge in [0, 0.05) is 24.0 Å². The van der Waals surface area contributed by atoms with Crippen LogP contribution in [0.4, 0.5) is 5.69 Å². The molecule has 2 aliphatic rings. The molecule has 24 heavy (non-hydrogen) atoms. The summed E-state index contributed by atoms with van der Waals surface area (Å²) in [7, 11) is 0. The molecule has 0 amide bonds. The van der Waals surface area contributed by atoms with Crippen molar-refractivity contribution in [3.8, 4) is 5.75 Å². The molecule has 1 saturated carbocycles. The van der Waals surface area contributed by atoms with Gasteiger partial charge in [0.25, 0.3) is 0 Å². The molecule has 0 radical (unpaired) electrons. The fourth-order valence-electron chi connectivity index (χ4n) is 4.21. The van der Waals surface area contributed by atoms with Gasteiger partial charge in [0.2, 0.25) is 0 Å². The van der Waals surface area contributed by atoms with E-state index in [0.717, 1.165) is 42.3 Å². The normalized spacial score (nSPS) is 21.1. The number of benzene rings is 1. The third-order valence-corrected chi connectivity index (χ3v) is 5.50. The zero-order chi connectivity index (χ0) is 16.4. The van der Waals surface area contributed by atoms with Crippen LogP contribution in [-0.2, 0) is 12.8 Å². The lowest BCUT2D eigenvalue weighted by molar-refractivity contribution is 0.0879. The first-order chi connectivity index (χ1) is 11.8. The fraction of sp³-hybridized carbons (Fsp3) is 0.476. The molecule has 2 N–H and O–H groups in total. The van der Waals surface area contributed by atoms with Gasteiger partial charge < -0.3 is 10.5 Å². The monoisotopic (exact) mass is 322 g/mol. The van der Waals surface area contributed by atoms with Crippen molar-refractivity contribution in [3.05, 3.63) is 53.3 Å². The maximum absolute atomic E-state index is 6.36. The quantitative estimate of drug-likeness (QED) is 0.903. The molecule has 1 aromatic carbocycles. The Bertz CT molecular complexity index is 707. The minimum Gasteiger partial charge on any atom is -0.490 e. The molecule has 0 saturated heterocycles. The standard InChI is InChI=1S/C21H26N2O/c22-18-10-11-23-19(14-18)13-15-6-8-21-17(12-15)7-9-20(24-21)16-4-2-1-3-5-16/h6,8,10-12,14,16,20H,1-5,7,9,13H2,(H2,22,23).